The Morgan fingerprint density at radius 2 is 2.13 bits per heavy atom. The predicted molar refractivity (Wildman–Crippen MR) is 70.0 cm³/mol. The van der Waals surface area contributed by atoms with Gasteiger partial charge in [-0.15, -0.1) is 0 Å². The third kappa shape index (κ3) is 2.91. The molecule has 0 bridgehead atoms. The molecular weight excluding hydrogens is 202 g/mol. The van der Waals surface area contributed by atoms with Gasteiger partial charge in [-0.3, -0.25) is 0 Å². The quantitative estimate of drug-likeness (QED) is 0.765. The van der Waals surface area contributed by atoms with Gasteiger partial charge < -0.3 is 5.32 Å². The van der Waals surface area contributed by atoms with Crippen LogP contribution in [0.2, 0.25) is 0 Å². The number of fused-ring (bicyclic) bond motifs is 1. The highest BCUT2D eigenvalue weighted by atomic mass is 32.2. The number of benzene rings is 1. The highest BCUT2D eigenvalue weighted by Crippen LogP contribution is 2.24. The minimum atomic E-state index is 1.10. The highest BCUT2D eigenvalue weighted by Gasteiger charge is 2.10. The van der Waals surface area contributed by atoms with Crippen LogP contribution in [-0.2, 0) is 12.8 Å². The van der Waals surface area contributed by atoms with E-state index in [2.05, 4.69) is 29.8 Å². The van der Waals surface area contributed by atoms with Gasteiger partial charge in [-0.05, 0) is 61.0 Å². The Hall–Kier alpha value is -0.630. The molecule has 0 atom stereocenters. The highest BCUT2D eigenvalue weighted by molar-refractivity contribution is 7.98. The van der Waals surface area contributed by atoms with Gasteiger partial charge in [-0.25, -0.2) is 0 Å². The zero-order valence-electron chi connectivity index (χ0n) is 9.38. The van der Waals surface area contributed by atoms with Crippen LogP contribution in [0, 0.1) is 0 Å². The van der Waals surface area contributed by atoms with Crippen molar-refractivity contribution < 1.29 is 0 Å². The van der Waals surface area contributed by atoms with Crippen molar-refractivity contribution in [3.63, 3.8) is 0 Å². The first kappa shape index (κ1) is 10.9. The van der Waals surface area contributed by atoms with Crippen molar-refractivity contribution in [2.24, 2.45) is 0 Å². The maximum absolute atomic E-state index is 3.50. The number of hydrogen-bond donors (Lipinski definition) is 1. The van der Waals surface area contributed by atoms with Gasteiger partial charge in [0.1, 0.15) is 0 Å². The lowest BCUT2D eigenvalue weighted by atomic mass is 10.1. The molecule has 1 nitrogen and oxygen atoms in total. The third-order valence-corrected chi connectivity index (χ3v) is 3.65. The van der Waals surface area contributed by atoms with E-state index in [1.807, 2.05) is 11.8 Å². The number of anilines is 1. The number of rotatable bonds is 5. The molecule has 82 valence electrons. The third-order valence-electron chi connectivity index (χ3n) is 2.95. The number of nitrogens with one attached hydrogen (secondary N) is 1. The number of thioether (sulfide) groups is 1. The molecule has 1 aliphatic rings. The first-order valence-corrected chi connectivity index (χ1v) is 7.14. The SMILES string of the molecule is CSCCCNc1ccc2c(c1)CCC2. The molecule has 0 saturated heterocycles. The molecule has 0 unspecified atom stereocenters. The standard InChI is InChI=1S/C13H19NS/c1-15-9-3-8-14-13-7-6-11-4-2-5-12(11)10-13/h6-7,10,14H,2-5,8-9H2,1H3. The molecule has 15 heavy (non-hydrogen) atoms. The fourth-order valence-electron chi connectivity index (χ4n) is 2.13. The van der Waals surface area contributed by atoms with Crippen LogP contribution >= 0.6 is 11.8 Å². The first-order valence-electron chi connectivity index (χ1n) is 5.75. The van der Waals surface area contributed by atoms with Crippen LogP contribution < -0.4 is 5.32 Å². The molecule has 1 N–H and O–H groups in total. The molecule has 0 radical (unpaired) electrons. The Bertz CT molecular complexity index is 322. The van der Waals surface area contributed by atoms with E-state index in [1.165, 1.54) is 37.1 Å². The summed E-state index contributed by atoms with van der Waals surface area (Å²) < 4.78 is 0. The van der Waals surface area contributed by atoms with Crippen LogP contribution in [0.15, 0.2) is 18.2 Å². The molecule has 0 fully saturated rings. The number of hydrogen-bond acceptors (Lipinski definition) is 2. The van der Waals surface area contributed by atoms with E-state index in [1.54, 1.807) is 11.1 Å². The minimum absolute atomic E-state index is 1.10. The van der Waals surface area contributed by atoms with E-state index in [4.69, 9.17) is 0 Å². The van der Waals surface area contributed by atoms with Gasteiger partial charge in [0, 0.05) is 12.2 Å². The number of aryl methyl sites for hydroxylation is 2. The summed E-state index contributed by atoms with van der Waals surface area (Å²) >= 11 is 1.92. The van der Waals surface area contributed by atoms with E-state index in [9.17, 15) is 0 Å². The lowest BCUT2D eigenvalue weighted by molar-refractivity contribution is 0.911. The largest absolute Gasteiger partial charge is 0.385 e. The lowest BCUT2D eigenvalue weighted by Gasteiger charge is -2.07. The van der Waals surface area contributed by atoms with Gasteiger partial charge in [0.25, 0.3) is 0 Å². The summed E-state index contributed by atoms with van der Waals surface area (Å²) in [5.41, 5.74) is 4.42. The Morgan fingerprint density at radius 1 is 1.27 bits per heavy atom. The van der Waals surface area contributed by atoms with Crippen molar-refractivity contribution in [2.45, 2.75) is 25.7 Å². The summed E-state index contributed by atoms with van der Waals surface area (Å²) in [5, 5.41) is 3.50. The monoisotopic (exact) mass is 221 g/mol. The summed E-state index contributed by atoms with van der Waals surface area (Å²) in [5.74, 6) is 1.25. The first-order chi connectivity index (χ1) is 7.40. The van der Waals surface area contributed by atoms with Crippen molar-refractivity contribution in [3.05, 3.63) is 29.3 Å². The van der Waals surface area contributed by atoms with Gasteiger partial charge >= 0.3 is 0 Å². The summed E-state index contributed by atoms with van der Waals surface area (Å²) in [7, 11) is 0. The van der Waals surface area contributed by atoms with Gasteiger partial charge in [-0.1, -0.05) is 6.07 Å². The van der Waals surface area contributed by atoms with Crippen LogP contribution in [0.5, 0.6) is 0 Å². The zero-order valence-corrected chi connectivity index (χ0v) is 10.2. The fraction of sp³-hybridized carbons (Fsp3) is 0.538. The van der Waals surface area contributed by atoms with E-state index in [0.29, 0.717) is 0 Å². The topological polar surface area (TPSA) is 12.0 Å². The smallest absolute Gasteiger partial charge is 0.0343 e. The molecular formula is C13H19NS. The molecule has 2 rings (SSSR count). The second kappa shape index (κ2) is 5.45. The van der Waals surface area contributed by atoms with E-state index in [0.717, 1.165) is 6.54 Å². The second-order valence-corrected chi connectivity index (χ2v) is 5.10. The maximum atomic E-state index is 3.50. The Labute approximate surface area is 96.7 Å². The maximum Gasteiger partial charge on any atom is 0.0343 e. The van der Waals surface area contributed by atoms with Crippen LogP contribution in [0.25, 0.3) is 0 Å². The molecule has 0 aromatic heterocycles. The molecule has 0 heterocycles. The van der Waals surface area contributed by atoms with Crippen molar-refractivity contribution >= 4 is 17.4 Å². The Morgan fingerprint density at radius 3 is 3.00 bits per heavy atom. The summed E-state index contributed by atoms with van der Waals surface area (Å²) in [6, 6.07) is 6.85. The predicted octanol–water partition coefficient (Wildman–Crippen LogP) is 3.34. The van der Waals surface area contributed by atoms with Crippen LogP contribution in [0.3, 0.4) is 0 Å². The molecule has 1 aromatic carbocycles. The van der Waals surface area contributed by atoms with Crippen LogP contribution in [0.1, 0.15) is 24.0 Å². The molecule has 0 spiro atoms. The van der Waals surface area contributed by atoms with Crippen molar-refractivity contribution in [1.82, 2.24) is 0 Å². The van der Waals surface area contributed by atoms with Crippen molar-refractivity contribution in [2.75, 3.05) is 23.9 Å². The summed E-state index contributed by atoms with van der Waals surface area (Å²) in [4.78, 5) is 0. The lowest BCUT2D eigenvalue weighted by Crippen LogP contribution is -2.02. The summed E-state index contributed by atoms with van der Waals surface area (Å²) in [6.45, 7) is 1.10. The average molecular weight is 221 g/mol. The minimum Gasteiger partial charge on any atom is -0.385 e. The van der Waals surface area contributed by atoms with Crippen LogP contribution in [-0.4, -0.2) is 18.6 Å². The van der Waals surface area contributed by atoms with E-state index >= 15 is 0 Å². The van der Waals surface area contributed by atoms with Gasteiger partial charge in [0.05, 0.1) is 0 Å². The molecule has 0 saturated carbocycles. The molecule has 1 aliphatic carbocycles. The van der Waals surface area contributed by atoms with Gasteiger partial charge in [0.15, 0.2) is 0 Å². The normalized spacial score (nSPS) is 13.9. The second-order valence-electron chi connectivity index (χ2n) is 4.11. The molecule has 1 aromatic rings. The molecule has 2 heteroatoms. The van der Waals surface area contributed by atoms with E-state index in [-0.39, 0.29) is 0 Å². The zero-order chi connectivity index (χ0) is 10.5. The molecule has 0 aliphatic heterocycles. The Kier molecular flexibility index (Phi) is 3.95. The Balaban J connectivity index is 1.87. The van der Waals surface area contributed by atoms with Gasteiger partial charge in [0.2, 0.25) is 0 Å². The fourth-order valence-corrected chi connectivity index (χ4v) is 2.56. The van der Waals surface area contributed by atoms with Crippen molar-refractivity contribution in [3.8, 4) is 0 Å². The molecule has 0 amide bonds. The summed E-state index contributed by atoms with van der Waals surface area (Å²) in [6.07, 6.45) is 7.30. The average Bonchev–Trinajstić information content (AvgIpc) is 2.71. The van der Waals surface area contributed by atoms with Crippen molar-refractivity contribution in [1.29, 1.82) is 0 Å². The van der Waals surface area contributed by atoms with Gasteiger partial charge in [-0.2, -0.15) is 11.8 Å². The van der Waals surface area contributed by atoms with E-state index < -0.39 is 0 Å². The van der Waals surface area contributed by atoms with Crippen LogP contribution in [0.4, 0.5) is 5.69 Å².